The number of para-hydroxylation sites is 1. The largest absolute Gasteiger partial charge is 0.338 e. The number of rotatable bonds is 8. The summed E-state index contributed by atoms with van der Waals surface area (Å²) in [5.41, 5.74) is 7.56. The number of benzene rings is 1. The summed E-state index contributed by atoms with van der Waals surface area (Å²) in [5.74, 6) is 0. The Balaban J connectivity index is 1.65. The van der Waals surface area contributed by atoms with Crippen LogP contribution in [0.5, 0.6) is 0 Å². The summed E-state index contributed by atoms with van der Waals surface area (Å²) in [6.45, 7) is 18.1. The topological polar surface area (TPSA) is 6.48 Å². The second-order valence-corrected chi connectivity index (χ2v) is 12.2. The van der Waals surface area contributed by atoms with Gasteiger partial charge < -0.3 is 9.80 Å². The van der Waals surface area contributed by atoms with Crippen LogP contribution in [0.15, 0.2) is 138 Å². The van der Waals surface area contributed by atoms with E-state index < -0.39 is 0 Å². The Morgan fingerprint density at radius 1 is 1.05 bits per heavy atom. The molecule has 0 aliphatic heterocycles. The summed E-state index contributed by atoms with van der Waals surface area (Å²) in [7, 11) is 0. The van der Waals surface area contributed by atoms with Gasteiger partial charge in [-0.3, -0.25) is 0 Å². The Labute approximate surface area is 237 Å². The van der Waals surface area contributed by atoms with Gasteiger partial charge in [0.15, 0.2) is 0 Å². The zero-order chi connectivity index (χ0) is 28.0. The van der Waals surface area contributed by atoms with Crippen LogP contribution < -0.4 is 4.90 Å². The monoisotopic (exact) mass is 518 g/mol. The predicted octanol–water partition coefficient (Wildman–Crippen LogP) is 9.97. The second-order valence-electron chi connectivity index (χ2n) is 12.2. The molecule has 0 aromatic heterocycles. The van der Waals surface area contributed by atoms with Crippen molar-refractivity contribution in [2.24, 2.45) is 5.41 Å². The minimum atomic E-state index is -0.155. The first kappa shape index (κ1) is 28.5. The summed E-state index contributed by atoms with van der Waals surface area (Å²) >= 11 is 0. The van der Waals surface area contributed by atoms with E-state index in [2.05, 4.69) is 161 Å². The lowest BCUT2D eigenvalue weighted by Crippen LogP contribution is -2.44. The molecule has 0 spiro atoms. The molecule has 3 aliphatic rings. The maximum atomic E-state index is 4.61. The van der Waals surface area contributed by atoms with E-state index in [1.165, 1.54) is 22.5 Å². The van der Waals surface area contributed by atoms with Crippen molar-refractivity contribution in [2.45, 2.75) is 78.8 Å². The van der Waals surface area contributed by atoms with Crippen LogP contribution in [0.4, 0.5) is 5.69 Å². The fourth-order valence-electron chi connectivity index (χ4n) is 5.66. The molecule has 1 aromatic rings. The fourth-order valence-corrected chi connectivity index (χ4v) is 5.66. The number of hydrogen-bond donors (Lipinski definition) is 0. The van der Waals surface area contributed by atoms with Crippen LogP contribution in [-0.4, -0.2) is 16.5 Å². The van der Waals surface area contributed by atoms with Gasteiger partial charge in [-0.2, -0.15) is 0 Å². The Hall–Kier alpha value is -3.52. The van der Waals surface area contributed by atoms with E-state index in [1.807, 2.05) is 0 Å². The summed E-state index contributed by atoms with van der Waals surface area (Å²) < 4.78 is 0. The summed E-state index contributed by atoms with van der Waals surface area (Å²) in [6.07, 6.45) is 31.3. The van der Waals surface area contributed by atoms with Gasteiger partial charge in [0.25, 0.3) is 0 Å². The van der Waals surface area contributed by atoms with Crippen molar-refractivity contribution in [2.75, 3.05) is 4.90 Å². The predicted molar refractivity (Wildman–Crippen MR) is 170 cm³/mol. The van der Waals surface area contributed by atoms with Gasteiger partial charge in [0.2, 0.25) is 0 Å². The van der Waals surface area contributed by atoms with Gasteiger partial charge in [-0.05, 0) is 87.8 Å². The van der Waals surface area contributed by atoms with Crippen molar-refractivity contribution >= 4 is 5.69 Å². The maximum absolute atomic E-state index is 4.61. The van der Waals surface area contributed by atoms with Gasteiger partial charge in [-0.1, -0.05) is 106 Å². The molecule has 0 radical (unpaired) electrons. The first-order valence-corrected chi connectivity index (χ1v) is 14.4. The van der Waals surface area contributed by atoms with Gasteiger partial charge in [0.05, 0.1) is 11.6 Å². The van der Waals surface area contributed by atoms with Gasteiger partial charge in [-0.15, -0.1) is 0 Å². The minimum Gasteiger partial charge on any atom is -0.338 e. The van der Waals surface area contributed by atoms with E-state index >= 15 is 0 Å². The Bertz CT molecular complexity index is 1290. The molecule has 0 N–H and O–H groups in total. The highest BCUT2D eigenvalue weighted by molar-refractivity contribution is 5.60. The van der Waals surface area contributed by atoms with E-state index in [0.29, 0.717) is 0 Å². The molecule has 0 saturated heterocycles. The molecule has 1 unspecified atom stereocenters. The molecular formula is C37H46N2. The number of nitrogens with zero attached hydrogens (tertiary/aromatic N) is 2. The van der Waals surface area contributed by atoms with Gasteiger partial charge in [0, 0.05) is 22.8 Å². The minimum absolute atomic E-state index is 0.155. The first-order valence-electron chi connectivity index (χ1n) is 14.4. The lowest BCUT2D eigenvalue weighted by Gasteiger charge is -2.42. The molecule has 0 saturated carbocycles. The standard InChI is InChI=1S/C37H46N2/c1-8-32(39(35-15-11-9-12-16-35)37(7)27-13-10-14-28-37)24-19-30(3)38(33-22-17-29(2)18-23-33)34-25-20-31(21-26-34)36(4,5)6/h8-17,19-22,24-25,27,34H,3,18,23,26,28H2,1-2,4-7H3/b24-19-,32-8+/t34?,37-/m1/s1. The highest BCUT2D eigenvalue weighted by Gasteiger charge is 2.31. The molecule has 0 heterocycles. The molecule has 204 valence electrons. The van der Waals surface area contributed by atoms with Crippen molar-refractivity contribution in [3.8, 4) is 0 Å². The average Bonchev–Trinajstić information content (AvgIpc) is 2.93. The Morgan fingerprint density at radius 2 is 1.82 bits per heavy atom. The van der Waals surface area contributed by atoms with Crippen molar-refractivity contribution < 1.29 is 0 Å². The number of allylic oxidation sites excluding steroid dienone is 11. The maximum Gasteiger partial charge on any atom is 0.0642 e. The van der Waals surface area contributed by atoms with Crippen molar-refractivity contribution in [3.05, 3.63) is 138 Å². The number of hydrogen-bond acceptors (Lipinski definition) is 2. The third kappa shape index (κ3) is 6.74. The van der Waals surface area contributed by atoms with E-state index in [0.717, 1.165) is 37.1 Å². The summed E-state index contributed by atoms with van der Waals surface area (Å²) in [5, 5.41) is 0. The van der Waals surface area contributed by atoms with Gasteiger partial charge in [0.1, 0.15) is 0 Å². The third-order valence-electron chi connectivity index (χ3n) is 7.99. The SMILES string of the molecule is C=C(/C=C\C(=C/C)N(c1ccccc1)[C@]1(C)C=CC=CC1)N(C1=CC=C(C)CC1)C1C=CC(C(C)(C)C)=CC1. The summed E-state index contributed by atoms with van der Waals surface area (Å²) in [6, 6.07) is 11.0. The van der Waals surface area contributed by atoms with Crippen LogP contribution in [-0.2, 0) is 0 Å². The van der Waals surface area contributed by atoms with Crippen LogP contribution in [0.25, 0.3) is 0 Å². The molecule has 0 fully saturated rings. The lowest BCUT2D eigenvalue weighted by atomic mass is 9.82. The quantitative estimate of drug-likeness (QED) is 0.316. The molecule has 0 amide bonds. The average molecular weight is 519 g/mol. The molecule has 2 nitrogen and oxygen atoms in total. The molecule has 0 bridgehead atoms. The van der Waals surface area contributed by atoms with E-state index in [4.69, 9.17) is 0 Å². The van der Waals surface area contributed by atoms with Crippen LogP contribution >= 0.6 is 0 Å². The molecule has 4 rings (SSSR count). The zero-order valence-electron chi connectivity index (χ0n) is 24.8. The van der Waals surface area contributed by atoms with E-state index in [-0.39, 0.29) is 17.0 Å². The first-order chi connectivity index (χ1) is 18.6. The van der Waals surface area contributed by atoms with Crippen molar-refractivity contribution in [1.29, 1.82) is 0 Å². The Kier molecular flexibility index (Phi) is 8.85. The van der Waals surface area contributed by atoms with Gasteiger partial charge in [-0.25, -0.2) is 0 Å². The lowest BCUT2D eigenvalue weighted by molar-refractivity contribution is 0.354. The molecule has 2 atom stereocenters. The Morgan fingerprint density at radius 3 is 2.38 bits per heavy atom. The van der Waals surface area contributed by atoms with Crippen molar-refractivity contribution in [1.82, 2.24) is 4.90 Å². The molecule has 39 heavy (non-hydrogen) atoms. The molecule has 1 aromatic carbocycles. The van der Waals surface area contributed by atoms with Crippen molar-refractivity contribution in [3.63, 3.8) is 0 Å². The highest BCUT2D eigenvalue weighted by Crippen LogP contribution is 2.36. The van der Waals surface area contributed by atoms with Crippen LogP contribution in [0, 0.1) is 5.41 Å². The molecule has 2 heteroatoms. The smallest absolute Gasteiger partial charge is 0.0642 e. The zero-order valence-corrected chi connectivity index (χ0v) is 24.8. The molecule has 3 aliphatic carbocycles. The third-order valence-corrected chi connectivity index (χ3v) is 7.99. The molecular weight excluding hydrogens is 472 g/mol. The van der Waals surface area contributed by atoms with E-state index in [1.54, 1.807) is 0 Å². The van der Waals surface area contributed by atoms with Crippen LogP contribution in [0.3, 0.4) is 0 Å². The fraction of sp³-hybridized carbons (Fsp3) is 0.351. The van der Waals surface area contributed by atoms with Crippen LogP contribution in [0.2, 0.25) is 0 Å². The normalized spacial score (nSPS) is 23.4. The van der Waals surface area contributed by atoms with E-state index in [9.17, 15) is 0 Å². The second kappa shape index (κ2) is 12.1. The summed E-state index contributed by atoms with van der Waals surface area (Å²) in [4.78, 5) is 4.91. The van der Waals surface area contributed by atoms with Crippen LogP contribution in [0.1, 0.15) is 67.2 Å². The highest BCUT2D eigenvalue weighted by atomic mass is 15.2. The number of anilines is 1. The van der Waals surface area contributed by atoms with Gasteiger partial charge >= 0.3 is 0 Å².